The second-order valence-corrected chi connectivity index (χ2v) is 25.1. The van der Waals surface area contributed by atoms with Gasteiger partial charge in [0.2, 0.25) is 41.4 Å². The van der Waals surface area contributed by atoms with E-state index in [1.807, 2.05) is 63.2 Å². The molecule has 2 aliphatic rings. The summed E-state index contributed by atoms with van der Waals surface area (Å²) in [6.07, 6.45) is 3.31. The van der Waals surface area contributed by atoms with Crippen LogP contribution in [-0.4, -0.2) is 183 Å². The van der Waals surface area contributed by atoms with Crippen molar-refractivity contribution in [1.29, 1.82) is 0 Å². The zero-order valence-corrected chi connectivity index (χ0v) is 53.0. The summed E-state index contributed by atoms with van der Waals surface area (Å²) in [4.78, 5) is 146. The minimum Gasteiger partial charge on any atom is -0.450 e. The van der Waals surface area contributed by atoms with Crippen LogP contribution in [0.2, 0.25) is 0 Å². The van der Waals surface area contributed by atoms with Gasteiger partial charge in [0.05, 0.1) is 5.60 Å². The topological polar surface area (TPSA) is 248 Å². The lowest BCUT2D eigenvalue weighted by Gasteiger charge is -2.39. The van der Waals surface area contributed by atoms with E-state index in [9.17, 15) is 29.1 Å². The maximum Gasteiger partial charge on any atom is 0.332 e. The maximum absolute atomic E-state index is 15.6. The molecule has 0 spiro atoms. The number of amides is 8. The number of hydrogen-bond donors (Lipinski definition) is 4. The maximum atomic E-state index is 15.6. The van der Waals surface area contributed by atoms with Crippen LogP contribution in [0.25, 0.3) is 11.1 Å². The van der Waals surface area contributed by atoms with Gasteiger partial charge in [-0.3, -0.25) is 43.3 Å². The summed E-state index contributed by atoms with van der Waals surface area (Å²) < 4.78 is 6.12. The number of hydrogen-bond acceptors (Lipinski definition) is 12. The molecule has 0 saturated carbocycles. The highest BCUT2D eigenvalue weighted by Gasteiger charge is 2.48. The summed E-state index contributed by atoms with van der Waals surface area (Å²) in [6, 6.07) is 9.99. The number of ether oxygens (including phenoxy) is 1. The number of aromatic nitrogens is 1. The van der Waals surface area contributed by atoms with E-state index in [1.165, 1.54) is 61.6 Å². The highest BCUT2D eigenvalue weighted by atomic mass is 16.6. The Morgan fingerprint density at radius 1 is 0.612 bits per heavy atom. The first-order chi connectivity index (χ1) is 39.9. The van der Waals surface area contributed by atoms with Gasteiger partial charge < -0.3 is 50.3 Å². The Morgan fingerprint density at radius 2 is 1.18 bits per heavy atom. The molecule has 8 amide bonds. The summed E-state index contributed by atoms with van der Waals surface area (Å²) in [5, 5.41) is 20.6. The minimum absolute atomic E-state index is 0.0151. The van der Waals surface area contributed by atoms with Gasteiger partial charge in [0.15, 0.2) is 12.1 Å². The Bertz CT molecular complexity index is 2810. The van der Waals surface area contributed by atoms with Crippen molar-refractivity contribution >= 4 is 53.2 Å². The van der Waals surface area contributed by atoms with Crippen molar-refractivity contribution in [1.82, 2.24) is 45.4 Å². The van der Waals surface area contributed by atoms with E-state index in [0.717, 1.165) is 16.0 Å². The first kappa shape index (κ1) is 68.6. The lowest BCUT2D eigenvalue weighted by Crippen LogP contribution is -2.63. The Kier molecular flexibility index (Phi) is 24.4. The minimum atomic E-state index is -1.98. The molecule has 0 radical (unpaired) electrons. The first-order valence-electron chi connectivity index (χ1n) is 30.2. The van der Waals surface area contributed by atoms with Crippen molar-refractivity contribution in [2.24, 2.45) is 29.6 Å². The first-order valence-corrected chi connectivity index (χ1v) is 30.2. The zero-order chi connectivity index (χ0) is 63.4. The van der Waals surface area contributed by atoms with Crippen LogP contribution in [0.15, 0.2) is 79.1 Å². The molecule has 466 valence electrons. The average molecular weight is 1180 g/mol. The third kappa shape index (κ3) is 17.0. The lowest BCUT2D eigenvalue weighted by molar-refractivity contribution is -0.177. The molecule has 20 nitrogen and oxygen atoms in total. The molecule has 85 heavy (non-hydrogen) atoms. The van der Waals surface area contributed by atoms with Gasteiger partial charge >= 0.3 is 5.97 Å². The predicted molar refractivity (Wildman–Crippen MR) is 325 cm³/mol. The highest BCUT2D eigenvalue weighted by molar-refractivity contribution is 5.99. The van der Waals surface area contributed by atoms with Crippen LogP contribution in [-0.2, 0) is 60.7 Å². The summed E-state index contributed by atoms with van der Waals surface area (Å²) in [5.74, 6) is -8.84. The van der Waals surface area contributed by atoms with Crippen molar-refractivity contribution in [2.75, 3.05) is 34.7 Å². The van der Waals surface area contributed by atoms with Gasteiger partial charge in [-0.2, -0.15) is 0 Å². The smallest absolute Gasteiger partial charge is 0.332 e. The normalized spacial score (nSPS) is 25.4. The molecule has 20 heteroatoms. The van der Waals surface area contributed by atoms with Gasteiger partial charge in [-0.25, -0.2) is 4.79 Å². The van der Waals surface area contributed by atoms with Crippen molar-refractivity contribution in [3.05, 3.63) is 90.3 Å². The van der Waals surface area contributed by atoms with Crippen LogP contribution < -0.4 is 16.0 Å². The molecule has 0 unspecified atom stereocenters. The predicted octanol–water partition coefficient (Wildman–Crippen LogP) is 5.43. The largest absolute Gasteiger partial charge is 0.450 e. The number of pyridine rings is 1. The Labute approximate surface area is 503 Å². The second-order valence-electron chi connectivity index (χ2n) is 25.1. The van der Waals surface area contributed by atoms with Crippen LogP contribution in [0.5, 0.6) is 0 Å². The summed E-state index contributed by atoms with van der Waals surface area (Å²) >= 11 is 0. The zero-order valence-electron chi connectivity index (χ0n) is 53.0. The van der Waals surface area contributed by atoms with Crippen LogP contribution in [0.3, 0.4) is 0 Å². The number of nitrogens with zero attached hydrogens (tertiary/aromatic N) is 6. The number of benzene rings is 2. The molecule has 2 fully saturated rings. The van der Waals surface area contributed by atoms with E-state index in [0.29, 0.717) is 30.4 Å². The van der Waals surface area contributed by atoms with Crippen LogP contribution in [0.1, 0.15) is 126 Å². The second kappa shape index (κ2) is 30.2. The molecule has 5 rings (SSSR count). The van der Waals surface area contributed by atoms with Crippen molar-refractivity contribution in [3.63, 3.8) is 0 Å². The van der Waals surface area contributed by atoms with Crippen molar-refractivity contribution < 1.29 is 53.0 Å². The number of fused-ring (bicyclic) bond motifs is 1. The van der Waals surface area contributed by atoms with Gasteiger partial charge in [0.25, 0.3) is 5.91 Å². The molecule has 2 aromatic carbocycles. The number of carbonyl (C=O) groups excluding carboxylic acids is 9. The number of aliphatic hydroxyl groups is 1. The molecule has 0 bridgehead atoms. The lowest BCUT2D eigenvalue weighted by atomic mass is 9.93. The molecule has 11 atom stereocenters. The van der Waals surface area contributed by atoms with Gasteiger partial charge in [-0.05, 0) is 91.5 Å². The third-order valence-corrected chi connectivity index (χ3v) is 16.9. The molecular weight excluding hydrogens is 1080 g/mol. The number of likely N-dealkylation sites (N-methyl/N-ethyl adjacent to an activating group) is 4. The molecule has 2 aliphatic heterocycles. The fourth-order valence-corrected chi connectivity index (χ4v) is 11.8. The fraction of sp³-hybridized carbons (Fsp3) is 0.600. The number of rotatable bonds is 14. The third-order valence-electron chi connectivity index (χ3n) is 16.9. The van der Waals surface area contributed by atoms with E-state index in [1.54, 1.807) is 85.1 Å². The van der Waals surface area contributed by atoms with Crippen molar-refractivity contribution in [2.45, 2.75) is 188 Å². The Hall–Kier alpha value is -7.22. The van der Waals surface area contributed by atoms with E-state index >= 15 is 19.2 Å². The van der Waals surface area contributed by atoms with Crippen LogP contribution in [0.4, 0.5) is 0 Å². The molecule has 1 aromatic heterocycles. The monoisotopic (exact) mass is 1180 g/mol. The SMILES string of the molecule is CC[C@H](C)[C@@H]1NC(=O)[C@@H]2CCCN2C(=O)[C@H](Cc2cccc(-c3cccnc3)c2)N(C)C(=O)[C@H](Cc2ccccc2)NC(=O)[C@H](C(C)C)N(C)C(=O)[C@@H]([C@@H](C)CC)OC(=O)[C@H](C(C)(C)O)N(C)C(=O)[C@H](CC(C)C)NC(=O)[C@H](C(C)C)N(C)C1=O. The van der Waals surface area contributed by atoms with E-state index in [4.69, 9.17) is 4.74 Å². The molecule has 0 aliphatic carbocycles. The number of esters is 1. The van der Waals surface area contributed by atoms with Crippen molar-refractivity contribution in [3.8, 4) is 11.1 Å². The summed E-state index contributed by atoms with van der Waals surface area (Å²) in [5.41, 5.74) is 1.01. The van der Waals surface area contributed by atoms with Gasteiger partial charge in [0, 0.05) is 65.9 Å². The Morgan fingerprint density at radius 3 is 1.73 bits per heavy atom. The highest BCUT2D eigenvalue weighted by Crippen LogP contribution is 2.28. The fourth-order valence-electron chi connectivity index (χ4n) is 11.8. The number of cyclic esters (lactones) is 1. The average Bonchev–Trinajstić information content (AvgIpc) is 2.75. The Balaban J connectivity index is 1.73. The number of nitrogens with one attached hydrogen (secondary N) is 3. The molecule has 4 N–H and O–H groups in total. The molecule has 2 saturated heterocycles. The molecule has 3 aromatic rings. The quantitative estimate of drug-likeness (QED) is 0.148. The van der Waals surface area contributed by atoms with E-state index in [2.05, 4.69) is 20.9 Å². The summed E-state index contributed by atoms with van der Waals surface area (Å²) in [6.45, 7) is 20.6. The van der Waals surface area contributed by atoms with Gasteiger partial charge in [0.1, 0.15) is 42.3 Å². The molecule has 3 heterocycles. The number of carbonyl (C=O) groups is 9. The van der Waals surface area contributed by atoms with E-state index in [-0.39, 0.29) is 38.1 Å². The van der Waals surface area contributed by atoms with Gasteiger partial charge in [-0.15, -0.1) is 0 Å². The standard InChI is InChI=1S/C65H95N9O11/c1-17-41(9)51-62(81)71(14)52(39(5)6)57(76)67-47(33-38(3)4)60(79)73(16)55(65(11,12)84)64(83)85-54(42(10)18-2)63(82)72(15)53(40(7)8)58(77)68-48(35-43-25-20-19-21-26-43)59(78)70(13)50(61(80)74-32-24-30-49(74)56(75)69-51)36-44-27-22-28-45(34-44)46-29-23-31-66-37-46/h19-23,25-29,31,34,37-42,47-55,84H,17-18,24,30,32-33,35-36H2,1-16H3,(H,67,76)(H,68,77)(H,69,75)/t41-,42-,47-,48-,49-,50-,51-,52-,53-,54+,55+/m0/s1. The van der Waals surface area contributed by atoms with Crippen LogP contribution >= 0.6 is 0 Å². The van der Waals surface area contributed by atoms with Crippen LogP contribution in [0, 0.1) is 29.6 Å². The summed E-state index contributed by atoms with van der Waals surface area (Å²) in [7, 11) is 5.67. The van der Waals surface area contributed by atoms with E-state index < -0.39 is 137 Å². The molecular formula is C65H95N9O11. The van der Waals surface area contributed by atoms with Gasteiger partial charge in [-0.1, -0.05) is 136 Å².